The van der Waals surface area contributed by atoms with E-state index >= 15 is 0 Å². The Balaban J connectivity index is 2.87. The van der Waals surface area contributed by atoms with Gasteiger partial charge in [-0.25, -0.2) is 0 Å². The second-order valence-electron chi connectivity index (χ2n) is 3.82. The fourth-order valence-electron chi connectivity index (χ4n) is 1.89. The number of anilines is 1. The smallest absolute Gasteiger partial charge is 0.0446 e. The topological polar surface area (TPSA) is 3.24 Å². The molecule has 0 spiro atoms. The van der Waals surface area contributed by atoms with E-state index in [4.69, 9.17) is 0 Å². The monoisotopic (exact) mass is 197 g/mol. The molecule has 0 aliphatic rings. The third-order valence-electron chi connectivity index (χ3n) is 2.62. The van der Waals surface area contributed by atoms with Crippen molar-refractivity contribution in [3.05, 3.63) is 48.5 Å². The summed E-state index contributed by atoms with van der Waals surface area (Å²) < 4.78 is 0. The molecule has 2 aromatic rings. The van der Waals surface area contributed by atoms with Crippen LogP contribution in [0.15, 0.2) is 43.0 Å². The van der Waals surface area contributed by atoms with Gasteiger partial charge in [-0.3, -0.25) is 0 Å². The van der Waals surface area contributed by atoms with Gasteiger partial charge in [-0.1, -0.05) is 43.0 Å². The van der Waals surface area contributed by atoms with Crippen LogP contribution < -0.4 is 4.90 Å². The number of hydrogen-bond acceptors (Lipinski definition) is 1. The van der Waals surface area contributed by atoms with E-state index in [1.54, 1.807) is 0 Å². The zero-order valence-electron chi connectivity index (χ0n) is 9.20. The molecule has 76 valence electrons. The molecule has 0 aliphatic heterocycles. The molecular formula is C14H15N. The van der Waals surface area contributed by atoms with E-state index in [-0.39, 0.29) is 0 Å². The Morgan fingerprint density at radius 2 is 1.73 bits per heavy atom. The second kappa shape index (κ2) is 3.77. The van der Waals surface area contributed by atoms with E-state index in [1.165, 1.54) is 22.0 Å². The molecule has 0 saturated heterocycles. The summed E-state index contributed by atoms with van der Waals surface area (Å²) in [5.74, 6) is 0. The van der Waals surface area contributed by atoms with Gasteiger partial charge in [0.05, 0.1) is 0 Å². The van der Waals surface area contributed by atoms with Crippen molar-refractivity contribution in [2.45, 2.75) is 0 Å². The molecule has 1 heteroatoms. The summed E-state index contributed by atoms with van der Waals surface area (Å²) in [5, 5.41) is 2.54. The van der Waals surface area contributed by atoms with Crippen LogP contribution in [0.25, 0.3) is 16.8 Å². The Morgan fingerprint density at radius 3 is 2.33 bits per heavy atom. The van der Waals surface area contributed by atoms with Gasteiger partial charge in [0.25, 0.3) is 0 Å². The first-order valence-electron chi connectivity index (χ1n) is 5.05. The molecule has 0 fully saturated rings. The van der Waals surface area contributed by atoms with Crippen LogP contribution in [0.4, 0.5) is 5.69 Å². The Morgan fingerprint density at radius 1 is 1.07 bits per heavy atom. The van der Waals surface area contributed by atoms with Crippen molar-refractivity contribution in [1.82, 2.24) is 0 Å². The molecule has 0 N–H and O–H groups in total. The summed E-state index contributed by atoms with van der Waals surface area (Å²) in [6.07, 6.45) is 1.91. The van der Waals surface area contributed by atoms with Gasteiger partial charge in [0.15, 0.2) is 0 Å². The third-order valence-corrected chi connectivity index (χ3v) is 2.62. The highest BCUT2D eigenvalue weighted by Gasteiger charge is 2.04. The molecule has 0 radical (unpaired) electrons. The van der Waals surface area contributed by atoms with Gasteiger partial charge in [0.1, 0.15) is 0 Å². The number of nitrogens with zero attached hydrogens (tertiary/aromatic N) is 1. The molecule has 0 bridgehead atoms. The van der Waals surface area contributed by atoms with Crippen LogP contribution in [0.3, 0.4) is 0 Å². The average Bonchev–Trinajstić information content (AvgIpc) is 2.27. The maximum atomic E-state index is 3.86. The lowest BCUT2D eigenvalue weighted by atomic mass is 10.0. The van der Waals surface area contributed by atoms with Gasteiger partial charge in [-0.05, 0) is 17.0 Å². The van der Waals surface area contributed by atoms with Crippen molar-refractivity contribution in [3.63, 3.8) is 0 Å². The highest BCUT2D eigenvalue weighted by molar-refractivity contribution is 6.00. The summed E-state index contributed by atoms with van der Waals surface area (Å²) in [6, 6.07) is 12.7. The van der Waals surface area contributed by atoms with Gasteiger partial charge in [0, 0.05) is 25.2 Å². The molecule has 0 amide bonds. The molecule has 2 rings (SSSR count). The predicted molar refractivity (Wildman–Crippen MR) is 68.4 cm³/mol. The minimum Gasteiger partial charge on any atom is -0.377 e. The lowest BCUT2D eigenvalue weighted by molar-refractivity contribution is 1.14. The fourth-order valence-corrected chi connectivity index (χ4v) is 1.89. The van der Waals surface area contributed by atoms with E-state index in [1.807, 2.05) is 6.08 Å². The first kappa shape index (κ1) is 9.78. The largest absolute Gasteiger partial charge is 0.377 e. The first-order valence-corrected chi connectivity index (χ1v) is 5.05. The molecular weight excluding hydrogens is 182 g/mol. The summed E-state index contributed by atoms with van der Waals surface area (Å²) in [7, 11) is 4.13. The zero-order valence-corrected chi connectivity index (χ0v) is 9.20. The molecule has 15 heavy (non-hydrogen) atoms. The quantitative estimate of drug-likeness (QED) is 0.711. The van der Waals surface area contributed by atoms with E-state index < -0.39 is 0 Å². The first-order chi connectivity index (χ1) is 7.24. The molecule has 1 nitrogen and oxygen atoms in total. The summed E-state index contributed by atoms with van der Waals surface area (Å²) in [6.45, 7) is 3.86. The molecule has 0 atom stereocenters. The van der Waals surface area contributed by atoms with Gasteiger partial charge in [0.2, 0.25) is 0 Å². The highest BCUT2D eigenvalue weighted by Crippen LogP contribution is 2.29. The Labute approximate surface area is 90.6 Å². The maximum absolute atomic E-state index is 3.86. The van der Waals surface area contributed by atoms with Crippen molar-refractivity contribution >= 4 is 22.5 Å². The molecule has 0 heterocycles. The van der Waals surface area contributed by atoms with Crippen LogP contribution in [-0.2, 0) is 0 Å². The standard InChI is InChI=1S/C14H15N/c1-4-11-7-5-8-12-9-6-10-13(14(11)12)15(2)3/h4-10H,1H2,2-3H3. The maximum Gasteiger partial charge on any atom is 0.0446 e. The van der Waals surface area contributed by atoms with Gasteiger partial charge < -0.3 is 4.90 Å². The normalized spacial score (nSPS) is 10.3. The lowest BCUT2D eigenvalue weighted by Crippen LogP contribution is -2.09. The van der Waals surface area contributed by atoms with Crippen molar-refractivity contribution in [3.8, 4) is 0 Å². The van der Waals surface area contributed by atoms with Crippen molar-refractivity contribution in [2.75, 3.05) is 19.0 Å². The molecule has 0 saturated carbocycles. The van der Waals surface area contributed by atoms with Crippen molar-refractivity contribution < 1.29 is 0 Å². The lowest BCUT2D eigenvalue weighted by Gasteiger charge is -2.16. The van der Waals surface area contributed by atoms with Crippen LogP contribution in [0, 0.1) is 0 Å². The average molecular weight is 197 g/mol. The van der Waals surface area contributed by atoms with Gasteiger partial charge in [-0.15, -0.1) is 0 Å². The fraction of sp³-hybridized carbons (Fsp3) is 0.143. The van der Waals surface area contributed by atoms with Crippen LogP contribution >= 0.6 is 0 Å². The zero-order chi connectivity index (χ0) is 10.8. The highest BCUT2D eigenvalue weighted by atomic mass is 15.1. The van der Waals surface area contributed by atoms with Crippen LogP contribution in [0.1, 0.15) is 5.56 Å². The van der Waals surface area contributed by atoms with Gasteiger partial charge >= 0.3 is 0 Å². The number of fused-ring (bicyclic) bond motifs is 1. The SMILES string of the molecule is C=Cc1cccc2cccc(N(C)C)c12. The Bertz CT molecular complexity index is 492. The van der Waals surface area contributed by atoms with Gasteiger partial charge in [-0.2, -0.15) is 0 Å². The summed E-state index contributed by atoms with van der Waals surface area (Å²) in [4.78, 5) is 2.13. The molecule has 0 aromatic heterocycles. The minimum atomic E-state index is 1.19. The van der Waals surface area contributed by atoms with Crippen molar-refractivity contribution in [1.29, 1.82) is 0 Å². The molecule has 2 aromatic carbocycles. The van der Waals surface area contributed by atoms with E-state index in [0.717, 1.165) is 0 Å². The van der Waals surface area contributed by atoms with E-state index in [9.17, 15) is 0 Å². The van der Waals surface area contributed by atoms with E-state index in [0.29, 0.717) is 0 Å². The minimum absolute atomic E-state index is 1.19. The van der Waals surface area contributed by atoms with Crippen LogP contribution in [-0.4, -0.2) is 14.1 Å². The number of rotatable bonds is 2. The molecule has 0 unspecified atom stereocenters. The second-order valence-corrected chi connectivity index (χ2v) is 3.82. The molecule has 0 aliphatic carbocycles. The predicted octanol–water partition coefficient (Wildman–Crippen LogP) is 3.55. The van der Waals surface area contributed by atoms with Crippen LogP contribution in [0.2, 0.25) is 0 Å². The van der Waals surface area contributed by atoms with Crippen molar-refractivity contribution in [2.24, 2.45) is 0 Å². The number of benzene rings is 2. The number of hydrogen-bond donors (Lipinski definition) is 0. The van der Waals surface area contributed by atoms with E-state index in [2.05, 4.69) is 62.0 Å². The Kier molecular flexibility index (Phi) is 2.46. The third kappa shape index (κ3) is 1.61. The van der Waals surface area contributed by atoms with Crippen LogP contribution in [0.5, 0.6) is 0 Å². The summed E-state index contributed by atoms with van der Waals surface area (Å²) in [5.41, 5.74) is 2.43. The summed E-state index contributed by atoms with van der Waals surface area (Å²) >= 11 is 0. The Hall–Kier alpha value is -1.76.